The van der Waals surface area contributed by atoms with Gasteiger partial charge in [0.2, 0.25) is 0 Å². The smallest absolute Gasteiger partial charge is 0.116 e. The lowest BCUT2D eigenvalue weighted by molar-refractivity contribution is 1.06. The Morgan fingerprint density at radius 3 is 2.75 bits per heavy atom. The predicted molar refractivity (Wildman–Crippen MR) is 133 cm³/mol. The van der Waals surface area contributed by atoms with Crippen molar-refractivity contribution >= 4 is 45.5 Å². The second kappa shape index (κ2) is 7.94. The summed E-state index contributed by atoms with van der Waals surface area (Å²) in [4.78, 5) is 10.3. The summed E-state index contributed by atoms with van der Waals surface area (Å²) in [6.45, 7) is 12.3. The summed E-state index contributed by atoms with van der Waals surface area (Å²) in [6.07, 6.45) is 11.4. The first-order valence-corrected chi connectivity index (χ1v) is 11.0. The zero-order chi connectivity index (χ0) is 22.2. The summed E-state index contributed by atoms with van der Waals surface area (Å²) in [7, 11) is 0. The maximum atomic E-state index is 4.60. The highest BCUT2D eigenvalue weighted by atomic mass is 32.1. The minimum absolute atomic E-state index is 0.832. The summed E-state index contributed by atoms with van der Waals surface area (Å²) in [5.41, 5.74) is 6.66. The van der Waals surface area contributed by atoms with Crippen molar-refractivity contribution in [3.05, 3.63) is 77.2 Å². The van der Waals surface area contributed by atoms with Crippen molar-refractivity contribution in [3.63, 3.8) is 0 Å². The van der Waals surface area contributed by atoms with Crippen molar-refractivity contribution in [3.8, 4) is 21.8 Å². The largest absolute Gasteiger partial charge is 0.352 e. The Bertz CT molecular complexity index is 1580. The lowest BCUT2D eigenvalue weighted by atomic mass is 10.1. The fourth-order valence-electron chi connectivity index (χ4n) is 3.71. The van der Waals surface area contributed by atoms with E-state index < -0.39 is 0 Å². The molecule has 0 aliphatic carbocycles. The number of thiophene rings is 1. The van der Waals surface area contributed by atoms with Crippen LogP contribution in [0.15, 0.2) is 56.1 Å². The number of H-pyrrole nitrogens is 3. The van der Waals surface area contributed by atoms with Gasteiger partial charge in [-0.25, -0.2) is 0 Å². The molecule has 0 unspecified atom stereocenters. The number of pyridine rings is 1. The van der Waals surface area contributed by atoms with E-state index in [0.717, 1.165) is 60.0 Å². The van der Waals surface area contributed by atoms with Gasteiger partial charge < -0.3 is 4.98 Å². The molecule has 3 N–H and O–H groups in total. The number of nitrogens with one attached hydrogen (secondary N) is 3. The van der Waals surface area contributed by atoms with Gasteiger partial charge in [0.05, 0.1) is 29.0 Å². The second-order valence-electron chi connectivity index (χ2n) is 7.62. The van der Waals surface area contributed by atoms with E-state index in [1.54, 1.807) is 17.5 Å². The van der Waals surface area contributed by atoms with Crippen LogP contribution in [0, 0.1) is 0 Å². The Balaban J connectivity index is 1.66. The summed E-state index contributed by atoms with van der Waals surface area (Å²) >= 11 is 1.72. The average molecular weight is 439 g/mol. The molecular weight excluding hydrogens is 416 g/mol. The van der Waals surface area contributed by atoms with Crippen LogP contribution in [-0.2, 0) is 0 Å². The predicted octanol–water partition coefficient (Wildman–Crippen LogP) is 4.73. The lowest BCUT2D eigenvalue weighted by Gasteiger charge is -1.99. The van der Waals surface area contributed by atoms with Gasteiger partial charge in [-0.2, -0.15) is 10.2 Å². The molecule has 158 valence electrons. The van der Waals surface area contributed by atoms with E-state index >= 15 is 0 Å². The van der Waals surface area contributed by atoms with Crippen molar-refractivity contribution in [2.45, 2.75) is 13.8 Å². The van der Waals surface area contributed by atoms with Crippen LogP contribution in [0.5, 0.6) is 0 Å². The molecule has 0 aliphatic heterocycles. The highest BCUT2D eigenvalue weighted by Gasteiger charge is 2.14. The number of allylic oxidation sites excluding steroid dienone is 2. The van der Waals surface area contributed by atoms with Gasteiger partial charge in [-0.05, 0) is 49.3 Å². The molecule has 5 aromatic rings. The van der Waals surface area contributed by atoms with E-state index in [4.69, 9.17) is 0 Å². The molecule has 0 amide bonds. The minimum atomic E-state index is 0.832. The molecule has 0 aromatic carbocycles. The summed E-state index contributed by atoms with van der Waals surface area (Å²) in [5.74, 6) is 0. The number of aromatic amines is 3. The molecule has 0 spiro atoms. The van der Waals surface area contributed by atoms with Crippen LogP contribution in [0.2, 0.25) is 0 Å². The molecular formula is C25H22N6S. The van der Waals surface area contributed by atoms with Crippen molar-refractivity contribution in [1.29, 1.82) is 0 Å². The van der Waals surface area contributed by atoms with Crippen molar-refractivity contribution < 1.29 is 0 Å². The van der Waals surface area contributed by atoms with Crippen LogP contribution in [0.4, 0.5) is 0 Å². The molecule has 5 heterocycles. The standard InChI is InChI=1S/C25H22N6S/c1-5-20-18(8-15(4)16-10-27-28-11-16)25(31-30-20)21-9-17-19(12-26-13-22(17)29-21)24-7-6-23(32-24)14(2)3/h5-13,29-30H,2,4H2,1,3H3,(H,27,28)/b18-8+,20-5+. The molecule has 0 bridgehead atoms. The Hall–Kier alpha value is -3.97. The quantitative estimate of drug-likeness (QED) is 0.371. The normalized spacial score (nSPS) is 12.7. The van der Waals surface area contributed by atoms with Crippen LogP contribution >= 0.6 is 11.3 Å². The highest BCUT2D eigenvalue weighted by Crippen LogP contribution is 2.36. The van der Waals surface area contributed by atoms with Crippen LogP contribution in [-0.4, -0.2) is 30.4 Å². The molecule has 0 radical (unpaired) electrons. The molecule has 5 rings (SSSR count). The second-order valence-corrected chi connectivity index (χ2v) is 8.70. The first-order valence-electron chi connectivity index (χ1n) is 10.2. The Kier molecular flexibility index (Phi) is 4.95. The van der Waals surface area contributed by atoms with Gasteiger partial charge in [-0.1, -0.05) is 19.2 Å². The summed E-state index contributed by atoms with van der Waals surface area (Å²) < 4.78 is 0. The van der Waals surface area contributed by atoms with Crippen LogP contribution in [0.3, 0.4) is 0 Å². The topological polar surface area (TPSA) is 86.0 Å². The van der Waals surface area contributed by atoms with Crippen LogP contribution in [0.1, 0.15) is 24.3 Å². The molecule has 5 aromatic heterocycles. The lowest BCUT2D eigenvalue weighted by Crippen LogP contribution is -2.23. The van der Waals surface area contributed by atoms with Gasteiger partial charge in [0, 0.05) is 43.9 Å². The summed E-state index contributed by atoms with van der Waals surface area (Å²) in [5, 5.41) is 17.6. The van der Waals surface area contributed by atoms with E-state index in [-0.39, 0.29) is 0 Å². The minimum Gasteiger partial charge on any atom is -0.352 e. The van der Waals surface area contributed by atoms with E-state index in [1.165, 1.54) is 4.88 Å². The van der Waals surface area contributed by atoms with Crippen molar-refractivity contribution in [1.82, 2.24) is 30.4 Å². The van der Waals surface area contributed by atoms with E-state index in [9.17, 15) is 0 Å². The van der Waals surface area contributed by atoms with Crippen LogP contribution < -0.4 is 10.6 Å². The first kappa shape index (κ1) is 20.0. The Labute approximate surface area is 188 Å². The summed E-state index contributed by atoms with van der Waals surface area (Å²) in [6, 6.07) is 6.38. The molecule has 32 heavy (non-hydrogen) atoms. The molecule has 0 atom stereocenters. The number of hydrogen-bond acceptors (Lipinski definition) is 4. The van der Waals surface area contributed by atoms with Gasteiger partial charge in [-0.3, -0.25) is 15.2 Å². The molecule has 0 fully saturated rings. The van der Waals surface area contributed by atoms with Gasteiger partial charge >= 0.3 is 0 Å². The maximum Gasteiger partial charge on any atom is 0.116 e. The highest BCUT2D eigenvalue weighted by molar-refractivity contribution is 7.16. The van der Waals surface area contributed by atoms with E-state index in [2.05, 4.69) is 61.7 Å². The average Bonchev–Trinajstić information content (AvgIpc) is 3.59. The SMILES string of the molecule is C=C(/C=c1/c(-c2cc3c(-c4ccc(C(=C)C)s4)cncc3[nH]2)n[nH]/c1=C/C)c1cn[nH]c1. The zero-order valence-electron chi connectivity index (χ0n) is 17.9. The zero-order valence-corrected chi connectivity index (χ0v) is 18.7. The maximum absolute atomic E-state index is 4.60. The van der Waals surface area contributed by atoms with Gasteiger partial charge in [-0.15, -0.1) is 11.3 Å². The van der Waals surface area contributed by atoms with Crippen molar-refractivity contribution in [2.75, 3.05) is 0 Å². The molecule has 0 saturated carbocycles. The molecule has 0 aliphatic rings. The fraction of sp³-hybridized carbons (Fsp3) is 0.0800. The van der Waals surface area contributed by atoms with Crippen molar-refractivity contribution in [2.24, 2.45) is 0 Å². The third kappa shape index (κ3) is 3.42. The van der Waals surface area contributed by atoms with Gasteiger partial charge in [0.25, 0.3) is 0 Å². The number of hydrogen-bond donors (Lipinski definition) is 3. The molecule has 0 saturated heterocycles. The van der Waals surface area contributed by atoms with E-state index in [0.29, 0.717) is 0 Å². The Morgan fingerprint density at radius 1 is 1.16 bits per heavy atom. The van der Waals surface area contributed by atoms with Crippen LogP contribution in [0.25, 0.3) is 56.0 Å². The van der Waals surface area contributed by atoms with Gasteiger partial charge in [0.15, 0.2) is 0 Å². The number of nitrogens with zero attached hydrogens (tertiary/aromatic N) is 3. The number of fused-ring (bicyclic) bond motifs is 1. The number of rotatable bonds is 5. The molecule has 7 heteroatoms. The third-order valence-electron chi connectivity index (χ3n) is 5.40. The monoisotopic (exact) mass is 438 g/mol. The number of aromatic nitrogens is 6. The fourth-order valence-corrected chi connectivity index (χ4v) is 4.66. The van der Waals surface area contributed by atoms with E-state index in [1.807, 2.05) is 44.6 Å². The van der Waals surface area contributed by atoms with Gasteiger partial charge in [0.1, 0.15) is 5.69 Å². The first-order chi connectivity index (χ1) is 15.5. The molecule has 6 nitrogen and oxygen atoms in total. The Morgan fingerprint density at radius 2 is 2.03 bits per heavy atom. The third-order valence-corrected chi connectivity index (χ3v) is 6.68.